The minimum atomic E-state index is -0.929. The van der Waals surface area contributed by atoms with Crippen molar-refractivity contribution in [2.45, 2.75) is 123 Å². The van der Waals surface area contributed by atoms with Gasteiger partial charge in [-0.2, -0.15) is 12.8 Å². The molecule has 8 rings (SSSR count). The molecule has 6 aliphatic carbocycles. The zero-order valence-electron chi connectivity index (χ0n) is 27.7. The van der Waals surface area contributed by atoms with Crippen molar-refractivity contribution in [1.82, 2.24) is 0 Å². The average molecular weight is 787 g/mol. The van der Waals surface area contributed by atoms with Crippen LogP contribution >= 0.6 is 0 Å². The summed E-state index contributed by atoms with van der Waals surface area (Å²) in [5, 5.41) is 30.2. The topological polar surface area (TPSA) is 130 Å². The third kappa shape index (κ3) is 5.70. The summed E-state index contributed by atoms with van der Waals surface area (Å²) in [6.07, 6.45) is 11.7. The molecule has 11 unspecified atom stereocenters. The van der Waals surface area contributed by atoms with E-state index in [1.54, 1.807) is 0 Å². The van der Waals surface area contributed by atoms with Crippen LogP contribution in [0.3, 0.4) is 0 Å². The first-order chi connectivity index (χ1) is 20.7. The van der Waals surface area contributed by atoms with Gasteiger partial charge in [0.2, 0.25) is 0 Å². The second kappa shape index (κ2) is 13.1. The Morgan fingerprint density at radius 1 is 0.674 bits per heavy atom. The Morgan fingerprint density at radius 2 is 1.15 bits per heavy atom. The summed E-state index contributed by atoms with van der Waals surface area (Å²) < 4.78 is 11.6. The quantitative estimate of drug-likeness (QED) is 0.234. The maximum atomic E-state index is 12.6. The van der Waals surface area contributed by atoms with Crippen molar-refractivity contribution in [2.75, 3.05) is 0 Å². The summed E-state index contributed by atoms with van der Waals surface area (Å²) in [6.45, 7) is 8.67. The van der Waals surface area contributed by atoms with Crippen LogP contribution in [0.2, 0.25) is 0 Å². The molecule has 0 amide bonds. The number of hydrogen-bond donors (Lipinski definition) is 3. The molecular formula is C36H48O8Y2-2. The van der Waals surface area contributed by atoms with Crippen molar-refractivity contribution in [2.24, 2.45) is 45.3 Å². The largest absolute Gasteiger partial charge is 0.431 e. The van der Waals surface area contributed by atoms with E-state index in [1.165, 1.54) is 11.1 Å². The van der Waals surface area contributed by atoms with E-state index < -0.39 is 24.2 Å². The number of aliphatic hydroxyl groups is 3. The molecule has 3 N–H and O–H groups in total. The number of esters is 2. The molecule has 46 heavy (non-hydrogen) atoms. The molecule has 10 heteroatoms. The molecule has 0 bridgehead atoms. The molecule has 0 aromatic carbocycles. The van der Waals surface area contributed by atoms with Gasteiger partial charge < -0.3 is 37.6 Å². The fourth-order valence-corrected chi connectivity index (χ4v) is 10.8. The van der Waals surface area contributed by atoms with E-state index in [0.29, 0.717) is 19.3 Å². The van der Waals surface area contributed by atoms with Gasteiger partial charge in [0, 0.05) is 83.7 Å². The number of ketones is 1. The molecule has 2 heterocycles. The summed E-state index contributed by atoms with van der Waals surface area (Å²) in [5.41, 5.74) is 2.09. The van der Waals surface area contributed by atoms with Gasteiger partial charge in [0.15, 0.2) is 5.78 Å². The predicted octanol–water partition coefficient (Wildman–Crippen LogP) is 4.90. The number of ether oxygens (including phenoxy) is 2. The molecule has 6 fully saturated rings. The Labute approximate surface area is 323 Å². The van der Waals surface area contributed by atoms with E-state index in [-0.39, 0.29) is 129 Å². The molecule has 2 aliphatic heterocycles. The van der Waals surface area contributed by atoms with Gasteiger partial charge in [0.05, 0.1) is 24.0 Å². The maximum absolute atomic E-state index is 12.6. The van der Waals surface area contributed by atoms with Gasteiger partial charge >= 0.3 is 11.9 Å². The second-order valence-corrected chi connectivity index (χ2v) is 16.1. The number of allylic oxidation sites excluding steroid dienone is 4. The zero-order chi connectivity index (χ0) is 31.4. The van der Waals surface area contributed by atoms with Crippen molar-refractivity contribution < 1.29 is 105 Å². The van der Waals surface area contributed by atoms with Crippen molar-refractivity contribution >= 4 is 17.7 Å². The fourth-order valence-electron chi connectivity index (χ4n) is 10.8. The number of carbonyl (C=O) groups excluding carboxylic acids is 3. The van der Waals surface area contributed by atoms with Gasteiger partial charge in [-0.25, -0.2) is 0 Å². The van der Waals surface area contributed by atoms with Crippen molar-refractivity contribution in [3.8, 4) is 0 Å². The van der Waals surface area contributed by atoms with Crippen LogP contribution in [0, 0.1) is 58.2 Å². The van der Waals surface area contributed by atoms with E-state index in [4.69, 9.17) is 9.47 Å². The van der Waals surface area contributed by atoms with Gasteiger partial charge in [-0.05, 0) is 42.9 Å². The molecule has 4 saturated carbocycles. The van der Waals surface area contributed by atoms with Crippen molar-refractivity contribution in [1.29, 1.82) is 0 Å². The zero-order valence-corrected chi connectivity index (χ0v) is 33.4. The fraction of sp³-hybridized carbons (Fsp3) is 0.750. The van der Waals surface area contributed by atoms with Crippen LogP contribution in [0.1, 0.15) is 105 Å². The van der Waals surface area contributed by atoms with Crippen LogP contribution in [0.25, 0.3) is 0 Å². The third-order valence-electron chi connectivity index (χ3n) is 13.6. The van der Waals surface area contributed by atoms with E-state index in [0.717, 1.165) is 62.9 Å². The predicted molar refractivity (Wildman–Crippen MR) is 160 cm³/mol. The maximum Gasteiger partial charge on any atom is 0.315 e. The van der Waals surface area contributed by atoms with Crippen molar-refractivity contribution in [3.63, 3.8) is 0 Å². The molecular weight excluding hydrogens is 738 g/mol. The number of carbonyl (C=O) groups is 3. The molecule has 8 aliphatic rings. The van der Waals surface area contributed by atoms with Gasteiger partial charge in [-0.3, -0.25) is 14.4 Å². The first kappa shape index (κ1) is 37.4. The molecule has 248 valence electrons. The SMILES string of the molecule is CC12[CH-]CCC1=C1OC(=O)C3CC(=O)C(O)CC3(C)C1CC2.CC12[CH-]CCC1=C1OC(=O)C3CC(O)C(O)CC3(C)C1CC2.[Y].[Y]. The number of hydrogen-bond acceptors (Lipinski definition) is 8. The number of aliphatic hydroxyl groups excluding tert-OH is 3. The second-order valence-electron chi connectivity index (χ2n) is 16.1. The van der Waals surface area contributed by atoms with Gasteiger partial charge in [0.1, 0.15) is 17.6 Å². The van der Waals surface area contributed by atoms with Crippen LogP contribution < -0.4 is 0 Å². The first-order valence-electron chi connectivity index (χ1n) is 16.9. The van der Waals surface area contributed by atoms with Crippen molar-refractivity contribution in [3.05, 3.63) is 35.5 Å². The van der Waals surface area contributed by atoms with E-state index >= 15 is 0 Å². The van der Waals surface area contributed by atoms with Crippen LogP contribution in [-0.2, 0) is 89.3 Å². The van der Waals surface area contributed by atoms with E-state index in [2.05, 4.69) is 40.5 Å². The molecule has 8 nitrogen and oxygen atoms in total. The smallest absolute Gasteiger partial charge is 0.315 e. The molecule has 0 aromatic heterocycles. The van der Waals surface area contributed by atoms with Gasteiger partial charge in [0.25, 0.3) is 0 Å². The monoisotopic (exact) mass is 786 g/mol. The Balaban J connectivity index is 0.000000174. The van der Waals surface area contributed by atoms with E-state index in [9.17, 15) is 29.7 Å². The minimum Gasteiger partial charge on any atom is -0.431 e. The average Bonchev–Trinajstić information content (AvgIpc) is 3.55. The van der Waals surface area contributed by atoms with E-state index in [1.807, 2.05) is 0 Å². The molecule has 2 radical (unpaired) electrons. The number of rotatable bonds is 0. The normalized spacial score (nSPS) is 47.2. The summed E-state index contributed by atoms with van der Waals surface area (Å²) >= 11 is 0. The molecule has 11 atom stereocenters. The number of Topliss-reactive ketones (excluding diaryl/α,β-unsaturated/α-hetero) is 1. The summed E-state index contributed by atoms with van der Waals surface area (Å²) in [7, 11) is 0. The van der Waals surface area contributed by atoms with Crippen LogP contribution in [-0.4, -0.2) is 51.4 Å². The molecule has 2 saturated heterocycles. The molecule has 0 spiro atoms. The third-order valence-corrected chi connectivity index (χ3v) is 13.6. The van der Waals surface area contributed by atoms with Gasteiger partial charge in [-0.1, -0.05) is 64.5 Å². The Kier molecular flexibility index (Phi) is 10.6. The Bertz CT molecular complexity index is 1360. The first-order valence-corrected chi connectivity index (χ1v) is 16.9. The molecule has 0 aromatic rings. The Morgan fingerprint density at radius 3 is 1.67 bits per heavy atom. The number of fused-ring (bicyclic) bond motifs is 8. The minimum absolute atomic E-state index is 0. The van der Waals surface area contributed by atoms with Crippen LogP contribution in [0.4, 0.5) is 0 Å². The van der Waals surface area contributed by atoms with Crippen LogP contribution in [0.15, 0.2) is 22.7 Å². The summed E-state index contributed by atoms with van der Waals surface area (Å²) in [6, 6.07) is 0. The Hall–Kier alpha value is 0.178. The van der Waals surface area contributed by atoms with Crippen LogP contribution in [0.5, 0.6) is 0 Å². The summed E-state index contributed by atoms with van der Waals surface area (Å²) in [5.74, 6) is 0.746. The summed E-state index contributed by atoms with van der Waals surface area (Å²) in [4.78, 5) is 37.0. The van der Waals surface area contributed by atoms with Gasteiger partial charge in [-0.15, -0.1) is 10.8 Å². The standard InChI is InChI=1S/C18H25O4.C18H23O4.2Y/c2*1-17-6-3-4-10(17)15-11(5-7-17)18(2)9-14(20)13(19)8-12(18)16(21)22-15;;/h6,11-14,19-20H,3-5,7-9H2,1-2H3;6,11-12,14,20H,3-5,7-9H2,1-2H3;;/q2*-1;;.